The molecule has 0 radical (unpaired) electrons. The molecule has 1 spiro atoms. The third kappa shape index (κ3) is 5.05. The average Bonchev–Trinajstić information content (AvgIpc) is 3.62. The minimum atomic E-state index is -1.97. The van der Waals surface area contributed by atoms with Crippen molar-refractivity contribution >= 4 is 46.5 Å². The molecule has 3 atom stereocenters. The second-order valence-corrected chi connectivity index (χ2v) is 12.4. The standard InChI is InChI=1S/C33H31ClN4O7S/c1-17-13-21(39)27(31(41)33(17)32(42)28-22(43-2)15-23(44-3)29(34)30(28)45-33)20(18-8-10-19(46-4)11-9-18)14-26(40)35-16-25-37-36-24-7-5-6-12-38(24)25/h5-12,15,17,20,41H,13-14,16H2,1-4H3,(H,35,40)/t17-,20?,33+/m1/s1. The first-order chi connectivity index (χ1) is 22.1. The Balaban J connectivity index is 1.41. The number of methoxy groups -OCH3 is 2. The van der Waals surface area contributed by atoms with Crippen LogP contribution >= 0.6 is 23.4 Å². The van der Waals surface area contributed by atoms with Crippen LogP contribution in [-0.2, 0) is 16.1 Å². The Labute approximate surface area is 273 Å². The van der Waals surface area contributed by atoms with E-state index in [1.165, 1.54) is 20.3 Å². The first kappa shape index (κ1) is 31.4. The summed E-state index contributed by atoms with van der Waals surface area (Å²) in [5.41, 5.74) is -0.748. The molecule has 3 heterocycles. The molecule has 13 heteroatoms. The van der Waals surface area contributed by atoms with Crippen LogP contribution in [0.2, 0.25) is 5.02 Å². The Morgan fingerprint density at radius 2 is 1.91 bits per heavy atom. The number of Topliss-reactive ketones (excluding diaryl/α,β-unsaturated/α-hetero) is 2. The topological polar surface area (TPSA) is 141 Å². The lowest BCUT2D eigenvalue weighted by Crippen LogP contribution is -2.53. The van der Waals surface area contributed by atoms with Gasteiger partial charge in [0.15, 0.2) is 28.8 Å². The molecule has 2 N–H and O–H groups in total. The van der Waals surface area contributed by atoms with E-state index in [4.69, 9.17) is 25.8 Å². The highest BCUT2D eigenvalue weighted by molar-refractivity contribution is 7.98. The second-order valence-electron chi connectivity index (χ2n) is 11.1. The zero-order chi connectivity index (χ0) is 32.7. The Bertz CT molecular complexity index is 1910. The number of carbonyl (C=O) groups is 3. The van der Waals surface area contributed by atoms with Crippen molar-refractivity contribution in [1.82, 2.24) is 19.9 Å². The first-order valence-electron chi connectivity index (χ1n) is 14.5. The zero-order valence-electron chi connectivity index (χ0n) is 25.5. The molecule has 0 fully saturated rings. The lowest BCUT2D eigenvalue weighted by atomic mass is 9.69. The number of fused-ring (bicyclic) bond motifs is 2. The predicted molar refractivity (Wildman–Crippen MR) is 171 cm³/mol. The minimum Gasteiger partial charge on any atom is -0.507 e. The Morgan fingerprint density at radius 3 is 2.61 bits per heavy atom. The number of carbonyl (C=O) groups excluding carboxylic acids is 3. The highest BCUT2D eigenvalue weighted by Gasteiger charge is 2.61. The maximum absolute atomic E-state index is 14.3. The molecule has 1 aliphatic carbocycles. The van der Waals surface area contributed by atoms with Crippen LogP contribution < -0.4 is 19.5 Å². The second kappa shape index (κ2) is 12.3. The van der Waals surface area contributed by atoms with E-state index in [9.17, 15) is 19.5 Å². The first-order valence-corrected chi connectivity index (χ1v) is 16.1. The van der Waals surface area contributed by atoms with Gasteiger partial charge in [-0.05, 0) is 36.1 Å². The molecule has 0 saturated carbocycles. The Morgan fingerprint density at radius 1 is 1.17 bits per heavy atom. The van der Waals surface area contributed by atoms with E-state index in [1.807, 2.05) is 42.7 Å². The van der Waals surface area contributed by atoms with E-state index in [0.717, 1.165) is 4.90 Å². The van der Waals surface area contributed by atoms with Crippen LogP contribution in [0.1, 0.15) is 47.4 Å². The molecule has 46 heavy (non-hydrogen) atoms. The van der Waals surface area contributed by atoms with Crippen LogP contribution in [0.15, 0.2) is 71.0 Å². The number of aliphatic hydroxyl groups excluding tert-OH is 1. The van der Waals surface area contributed by atoms with Crippen molar-refractivity contribution in [2.24, 2.45) is 5.92 Å². The third-order valence-corrected chi connectivity index (χ3v) is 9.70. The summed E-state index contributed by atoms with van der Waals surface area (Å²) in [7, 11) is 2.81. The van der Waals surface area contributed by atoms with Gasteiger partial charge in [0.25, 0.3) is 0 Å². The summed E-state index contributed by atoms with van der Waals surface area (Å²) in [5.74, 6) is -2.73. The largest absolute Gasteiger partial charge is 0.507 e. The summed E-state index contributed by atoms with van der Waals surface area (Å²) in [6, 6.07) is 14.3. The number of nitrogens with zero attached hydrogens (tertiary/aromatic N) is 3. The Kier molecular flexibility index (Phi) is 8.43. The fraction of sp³-hybridized carbons (Fsp3) is 0.303. The number of hydrogen-bond acceptors (Lipinski definition) is 10. The molecular weight excluding hydrogens is 632 g/mol. The molecule has 11 nitrogen and oxygen atoms in total. The molecule has 0 saturated heterocycles. The number of amides is 1. The monoisotopic (exact) mass is 662 g/mol. The van der Waals surface area contributed by atoms with Gasteiger partial charge in [0.2, 0.25) is 17.3 Å². The van der Waals surface area contributed by atoms with E-state index in [1.54, 1.807) is 35.3 Å². The van der Waals surface area contributed by atoms with Gasteiger partial charge in [-0.15, -0.1) is 22.0 Å². The number of rotatable bonds is 9. The maximum Gasteiger partial charge on any atom is 0.231 e. The van der Waals surface area contributed by atoms with Crippen molar-refractivity contribution in [3.8, 4) is 17.2 Å². The highest BCUT2D eigenvalue weighted by atomic mass is 35.5. The number of aromatic nitrogens is 3. The minimum absolute atomic E-state index is 0.00545. The molecule has 2 aliphatic rings. The number of thioether (sulfide) groups is 1. The fourth-order valence-corrected chi connectivity index (χ4v) is 6.88. The molecule has 1 amide bonds. The number of hydrogen-bond donors (Lipinski definition) is 2. The van der Waals surface area contributed by atoms with Crippen molar-refractivity contribution in [3.63, 3.8) is 0 Å². The van der Waals surface area contributed by atoms with Crippen molar-refractivity contribution in [1.29, 1.82) is 0 Å². The number of benzene rings is 2. The molecule has 1 unspecified atom stereocenters. The summed E-state index contributed by atoms with van der Waals surface area (Å²) in [5, 5.41) is 23.3. The molecule has 2 aromatic heterocycles. The van der Waals surface area contributed by atoms with Crippen molar-refractivity contribution < 1.29 is 33.7 Å². The molecule has 0 bridgehead atoms. The van der Waals surface area contributed by atoms with Gasteiger partial charge in [-0.2, -0.15) is 0 Å². The van der Waals surface area contributed by atoms with Crippen LogP contribution in [0.25, 0.3) is 5.65 Å². The lowest BCUT2D eigenvalue weighted by molar-refractivity contribution is -0.122. The van der Waals surface area contributed by atoms with Gasteiger partial charge in [-0.25, -0.2) is 0 Å². The average molecular weight is 663 g/mol. The lowest BCUT2D eigenvalue weighted by Gasteiger charge is -2.38. The number of ether oxygens (including phenoxy) is 3. The predicted octanol–water partition coefficient (Wildman–Crippen LogP) is 5.35. The fourth-order valence-electron chi connectivity index (χ4n) is 6.21. The van der Waals surface area contributed by atoms with Gasteiger partial charge < -0.3 is 24.6 Å². The maximum atomic E-state index is 14.3. The smallest absolute Gasteiger partial charge is 0.231 e. The molecule has 1 aliphatic heterocycles. The molecule has 238 valence electrons. The SMILES string of the molecule is COc1cc(OC)c2c(c1Cl)O[C@]1(C2=O)C(O)=C(C(CC(=O)NCc2nnc3ccccn23)c2ccc(SC)cc2)C(=O)C[C@H]1C. The molecule has 2 aromatic carbocycles. The van der Waals surface area contributed by atoms with E-state index in [0.29, 0.717) is 17.0 Å². The normalized spacial score (nSPS) is 19.7. The number of nitrogens with one attached hydrogen (secondary N) is 1. The van der Waals surface area contributed by atoms with Crippen LogP contribution in [0.3, 0.4) is 0 Å². The number of halogens is 1. The van der Waals surface area contributed by atoms with E-state index in [-0.39, 0.29) is 52.8 Å². The van der Waals surface area contributed by atoms with Crippen LogP contribution in [-0.4, -0.2) is 63.3 Å². The number of allylic oxidation sites excluding steroid dienone is 1. The van der Waals surface area contributed by atoms with E-state index in [2.05, 4.69) is 15.5 Å². The van der Waals surface area contributed by atoms with Crippen LogP contribution in [0.4, 0.5) is 0 Å². The van der Waals surface area contributed by atoms with Gasteiger partial charge in [-0.1, -0.05) is 36.7 Å². The van der Waals surface area contributed by atoms with Crippen molar-refractivity contribution in [2.45, 2.75) is 42.7 Å². The molecule has 6 rings (SSSR count). The summed E-state index contributed by atoms with van der Waals surface area (Å²) in [4.78, 5) is 42.6. The highest BCUT2D eigenvalue weighted by Crippen LogP contribution is 2.55. The quantitative estimate of drug-likeness (QED) is 0.225. The Hall–Kier alpha value is -4.55. The molecule has 4 aromatic rings. The number of pyridine rings is 1. The molecular formula is C33H31ClN4O7S. The van der Waals surface area contributed by atoms with Crippen LogP contribution in [0.5, 0.6) is 17.2 Å². The van der Waals surface area contributed by atoms with Gasteiger partial charge in [0.1, 0.15) is 22.1 Å². The summed E-state index contributed by atoms with van der Waals surface area (Å²) < 4.78 is 18.9. The van der Waals surface area contributed by atoms with Gasteiger partial charge >= 0.3 is 0 Å². The van der Waals surface area contributed by atoms with Gasteiger partial charge in [0, 0.05) is 47.4 Å². The van der Waals surface area contributed by atoms with Crippen molar-refractivity contribution in [2.75, 3.05) is 20.5 Å². The van der Waals surface area contributed by atoms with Crippen LogP contribution in [0, 0.1) is 5.92 Å². The third-order valence-electron chi connectivity index (χ3n) is 8.60. The zero-order valence-corrected chi connectivity index (χ0v) is 27.1. The summed E-state index contributed by atoms with van der Waals surface area (Å²) >= 11 is 8.13. The summed E-state index contributed by atoms with van der Waals surface area (Å²) in [6.45, 7) is 1.74. The number of ketones is 2. The van der Waals surface area contributed by atoms with Crippen molar-refractivity contribution in [3.05, 3.63) is 88.0 Å². The summed E-state index contributed by atoms with van der Waals surface area (Å²) in [6.07, 6.45) is 3.41. The van der Waals surface area contributed by atoms with Gasteiger partial charge in [-0.3, -0.25) is 18.8 Å². The van der Waals surface area contributed by atoms with E-state index >= 15 is 0 Å². The van der Waals surface area contributed by atoms with E-state index < -0.39 is 40.7 Å². The number of aliphatic hydroxyl groups is 1. The van der Waals surface area contributed by atoms with Gasteiger partial charge in [0.05, 0.1) is 20.8 Å².